The van der Waals surface area contributed by atoms with Gasteiger partial charge in [-0.25, -0.2) is 4.68 Å². The zero-order valence-electron chi connectivity index (χ0n) is 8.12. The Morgan fingerprint density at radius 1 is 1.36 bits per heavy atom. The van der Waals surface area contributed by atoms with E-state index in [0.717, 1.165) is 17.2 Å². The number of rotatable bonds is 2. The normalized spacial score (nSPS) is 18.6. The fourth-order valence-electron chi connectivity index (χ4n) is 2.07. The van der Waals surface area contributed by atoms with E-state index in [2.05, 4.69) is 26.0 Å². The zero-order chi connectivity index (χ0) is 9.97. The molecule has 1 fully saturated rings. The molecule has 0 amide bonds. The van der Waals surface area contributed by atoms with Gasteiger partial charge in [0.2, 0.25) is 5.95 Å². The van der Waals surface area contributed by atoms with Gasteiger partial charge in [-0.1, -0.05) is 19.3 Å². The fraction of sp³-hybridized carbons (Fsp3) is 0.778. The van der Waals surface area contributed by atoms with E-state index < -0.39 is 0 Å². The Morgan fingerprint density at radius 3 is 2.64 bits per heavy atom. The summed E-state index contributed by atoms with van der Waals surface area (Å²) in [5.74, 6) is 1.11. The largest absolute Gasteiger partial charge is 0.366 e. The Labute approximate surface area is 92.0 Å². The van der Waals surface area contributed by atoms with E-state index in [1.54, 1.807) is 0 Å². The summed E-state index contributed by atoms with van der Waals surface area (Å²) < 4.78 is 2.62. The average molecular weight is 259 g/mol. The molecule has 78 valence electrons. The predicted molar refractivity (Wildman–Crippen MR) is 58.7 cm³/mol. The third kappa shape index (κ3) is 2.26. The Morgan fingerprint density at radius 2 is 2.07 bits per heavy atom. The molecular formula is C9H15BrN4. The number of aromatic nitrogens is 3. The maximum Gasteiger partial charge on any atom is 0.240 e. The summed E-state index contributed by atoms with van der Waals surface area (Å²) in [6.07, 6.45) is 6.72. The molecule has 2 rings (SSSR count). The summed E-state index contributed by atoms with van der Waals surface area (Å²) in [6.45, 7) is 0.949. The van der Waals surface area contributed by atoms with Crippen molar-refractivity contribution in [3.05, 3.63) is 4.73 Å². The molecule has 0 radical (unpaired) electrons. The molecule has 1 aliphatic rings. The van der Waals surface area contributed by atoms with Gasteiger partial charge in [0, 0.05) is 6.54 Å². The molecule has 5 heteroatoms. The van der Waals surface area contributed by atoms with Crippen LogP contribution in [-0.4, -0.2) is 14.8 Å². The van der Waals surface area contributed by atoms with Crippen molar-refractivity contribution in [3.8, 4) is 0 Å². The number of hydrogen-bond donors (Lipinski definition) is 1. The van der Waals surface area contributed by atoms with Crippen LogP contribution >= 0.6 is 15.9 Å². The first kappa shape index (κ1) is 9.96. The summed E-state index contributed by atoms with van der Waals surface area (Å²) in [5, 5.41) is 4.14. The number of hydrogen-bond acceptors (Lipinski definition) is 3. The smallest absolute Gasteiger partial charge is 0.240 e. The van der Waals surface area contributed by atoms with Crippen molar-refractivity contribution < 1.29 is 0 Å². The lowest BCUT2D eigenvalue weighted by atomic mass is 9.89. The van der Waals surface area contributed by atoms with Gasteiger partial charge in [-0.15, -0.1) is 5.10 Å². The highest BCUT2D eigenvalue weighted by Crippen LogP contribution is 2.25. The maximum absolute atomic E-state index is 5.51. The van der Waals surface area contributed by atoms with Crippen LogP contribution in [0.15, 0.2) is 4.73 Å². The average Bonchev–Trinajstić information content (AvgIpc) is 2.47. The van der Waals surface area contributed by atoms with E-state index in [9.17, 15) is 0 Å². The molecule has 0 bridgehead atoms. The topological polar surface area (TPSA) is 56.7 Å². The number of nitrogens with two attached hydrogens (primary N) is 1. The van der Waals surface area contributed by atoms with Gasteiger partial charge in [0.25, 0.3) is 0 Å². The molecule has 1 aromatic rings. The van der Waals surface area contributed by atoms with E-state index in [0.29, 0.717) is 5.95 Å². The van der Waals surface area contributed by atoms with Crippen molar-refractivity contribution in [1.82, 2.24) is 14.8 Å². The van der Waals surface area contributed by atoms with Crippen LogP contribution in [0.2, 0.25) is 0 Å². The van der Waals surface area contributed by atoms with Crippen molar-refractivity contribution in [3.63, 3.8) is 0 Å². The van der Waals surface area contributed by atoms with Crippen LogP contribution in [0, 0.1) is 5.92 Å². The van der Waals surface area contributed by atoms with Crippen molar-refractivity contribution in [2.24, 2.45) is 5.92 Å². The van der Waals surface area contributed by atoms with Gasteiger partial charge in [0.15, 0.2) is 4.73 Å². The van der Waals surface area contributed by atoms with Crippen LogP contribution in [0.5, 0.6) is 0 Å². The van der Waals surface area contributed by atoms with Gasteiger partial charge in [-0.3, -0.25) is 0 Å². The predicted octanol–water partition coefficient (Wildman–Crippen LogP) is 2.20. The maximum atomic E-state index is 5.51. The van der Waals surface area contributed by atoms with Crippen LogP contribution in [0.25, 0.3) is 0 Å². The van der Waals surface area contributed by atoms with Crippen molar-refractivity contribution >= 4 is 21.9 Å². The number of nitrogen functional groups attached to an aromatic ring is 1. The van der Waals surface area contributed by atoms with Gasteiger partial charge in [0.05, 0.1) is 0 Å². The first-order valence-corrected chi connectivity index (χ1v) is 5.91. The fourth-order valence-corrected chi connectivity index (χ4v) is 2.48. The molecule has 0 aromatic carbocycles. The van der Waals surface area contributed by atoms with Gasteiger partial charge in [-0.05, 0) is 34.7 Å². The van der Waals surface area contributed by atoms with Crippen LogP contribution in [0.1, 0.15) is 32.1 Å². The van der Waals surface area contributed by atoms with Gasteiger partial charge in [0.1, 0.15) is 0 Å². The first-order chi connectivity index (χ1) is 6.75. The minimum absolute atomic E-state index is 0.354. The van der Waals surface area contributed by atoms with Gasteiger partial charge in [-0.2, -0.15) is 4.98 Å². The standard InChI is InChI=1S/C9H15BrN4/c10-8-12-9(11)13-14(8)6-7-4-2-1-3-5-7/h7H,1-6H2,(H2,11,13). The van der Waals surface area contributed by atoms with E-state index in [4.69, 9.17) is 5.73 Å². The minimum Gasteiger partial charge on any atom is -0.366 e. The molecule has 0 spiro atoms. The Kier molecular flexibility index (Phi) is 3.05. The second kappa shape index (κ2) is 4.29. The van der Waals surface area contributed by atoms with Crippen LogP contribution in [0.4, 0.5) is 5.95 Å². The lowest BCUT2D eigenvalue weighted by molar-refractivity contribution is 0.306. The van der Waals surface area contributed by atoms with Gasteiger partial charge < -0.3 is 5.73 Å². The second-order valence-corrected chi connectivity index (χ2v) is 4.63. The highest BCUT2D eigenvalue weighted by atomic mass is 79.9. The highest BCUT2D eigenvalue weighted by molar-refractivity contribution is 9.10. The molecule has 0 unspecified atom stereocenters. The van der Waals surface area contributed by atoms with Crippen molar-refractivity contribution in [1.29, 1.82) is 0 Å². The molecule has 0 saturated heterocycles. The number of anilines is 1. The number of nitrogens with zero attached hydrogens (tertiary/aromatic N) is 3. The zero-order valence-corrected chi connectivity index (χ0v) is 9.70. The molecule has 1 saturated carbocycles. The van der Waals surface area contributed by atoms with E-state index >= 15 is 0 Å². The van der Waals surface area contributed by atoms with Crippen LogP contribution in [-0.2, 0) is 6.54 Å². The third-order valence-corrected chi connectivity index (χ3v) is 3.39. The lowest BCUT2D eigenvalue weighted by Crippen LogP contribution is -2.15. The minimum atomic E-state index is 0.354. The molecule has 1 heterocycles. The Hall–Kier alpha value is -0.580. The Balaban J connectivity index is 1.98. The lowest BCUT2D eigenvalue weighted by Gasteiger charge is -2.21. The summed E-state index contributed by atoms with van der Waals surface area (Å²) in [7, 11) is 0. The molecule has 1 aliphatic carbocycles. The summed E-state index contributed by atoms with van der Waals surface area (Å²) in [4.78, 5) is 4.02. The first-order valence-electron chi connectivity index (χ1n) is 5.11. The molecular weight excluding hydrogens is 244 g/mol. The van der Waals surface area contributed by atoms with Crippen molar-refractivity contribution in [2.75, 3.05) is 5.73 Å². The molecule has 0 aliphatic heterocycles. The quantitative estimate of drug-likeness (QED) is 0.885. The molecule has 1 aromatic heterocycles. The van der Waals surface area contributed by atoms with E-state index in [1.807, 2.05) is 4.68 Å². The SMILES string of the molecule is Nc1nc(Br)n(CC2CCCCC2)n1. The van der Waals surface area contributed by atoms with E-state index in [1.165, 1.54) is 32.1 Å². The molecule has 2 N–H and O–H groups in total. The second-order valence-electron chi connectivity index (χ2n) is 3.93. The third-order valence-electron chi connectivity index (χ3n) is 2.80. The molecule has 4 nitrogen and oxygen atoms in total. The molecule has 14 heavy (non-hydrogen) atoms. The van der Waals surface area contributed by atoms with Gasteiger partial charge >= 0.3 is 0 Å². The molecule has 0 atom stereocenters. The summed E-state index contributed by atoms with van der Waals surface area (Å²) >= 11 is 3.35. The summed E-state index contributed by atoms with van der Waals surface area (Å²) in [6, 6.07) is 0. The Bertz CT molecular complexity index is 304. The highest BCUT2D eigenvalue weighted by Gasteiger charge is 2.16. The van der Waals surface area contributed by atoms with Crippen LogP contribution < -0.4 is 5.73 Å². The van der Waals surface area contributed by atoms with Crippen LogP contribution in [0.3, 0.4) is 0 Å². The van der Waals surface area contributed by atoms with Crippen molar-refractivity contribution in [2.45, 2.75) is 38.6 Å². The summed E-state index contributed by atoms with van der Waals surface area (Å²) in [5.41, 5.74) is 5.51. The monoisotopic (exact) mass is 258 g/mol. The number of halogens is 1. The van der Waals surface area contributed by atoms with E-state index in [-0.39, 0.29) is 0 Å².